The largest absolute Gasteiger partial charge is 0.477 e. The maximum atomic E-state index is 11.9. The Morgan fingerprint density at radius 2 is 1.82 bits per heavy atom. The Morgan fingerprint density at radius 3 is 2.41 bits per heavy atom. The predicted octanol–water partition coefficient (Wildman–Crippen LogP) is 5.06. The van der Waals surface area contributed by atoms with Gasteiger partial charge in [0.1, 0.15) is 11.9 Å². The molecule has 1 heterocycles. The topological polar surface area (TPSA) is 96.3 Å². The number of nitrogens with zero attached hydrogens (tertiary/aromatic N) is 1. The van der Waals surface area contributed by atoms with Crippen LogP contribution in [-0.4, -0.2) is 47.1 Å². The highest BCUT2D eigenvalue weighted by molar-refractivity contribution is 6.31. The highest BCUT2D eigenvalue weighted by Crippen LogP contribution is 2.42. The number of fused-ring (bicyclic) bond motifs is 1. The zero-order valence-electron chi connectivity index (χ0n) is 19.5. The third-order valence-corrected chi connectivity index (χ3v) is 5.90. The van der Waals surface area contributed by atoms with E-state index < -0.39 is 36.3 Å². The first-order chi connectivity index (χ1) is 15.8. The van der Waals surface area contributed by atoms with Crippen molar-refractivity contribution >= 4 is 40.6 Å². The molecule has 184 valence electrons. The van der Waals surface area contributed by atoms with Crippen LogP contribution in [-0.2, 0) is 19.1 Å². The number of carbonyl (C=O) groups excluding carboxylic acids is 1. The Morgan fingerprint density at radius 1 is 1.15 bits per heavy atom. The SMILES string of the molecule is CC(=O)C[C@@](O)(OC1CO[C@@H](c2ccccc2Cl)c2cc(Cl)ccc2N1CC(C)(C)C)C(=O)O. The first-order valence-corrected chi connectivity index (χ1v) is 11.6. The van der Waals surface area contributed by atoms with Crippen molar-refractivity contribution in [3.8, 4) is 0 Å². The molecule has 34 heavy (non-hydrogen) atoms. The summed E-state index contributed by atoms with van der Waals surface area (Å²) < 4.78 is 12.0. The number of rotatable bonds is 7. The van der Waals surface area contributed by atoms with Gasteiger partial charge in [0.25, 0.3) is 5.79 Å². The van der Waals surface area contributed by atoms with E-state index in [9.17, 15) is 19.8 Å². The fourth-order valence-electron chi connectivity index (χ4n) is 3.98. The summed E-state index contributed by atoms with van der Waals surface area (Å²) >= 11 is 12.8. The Hall–Kier alpha value is -2.16. The molecule has 0 saturated carbocycles. The van der Waals surface area contributed by atoms with Gasteiger partial charge in [0.15, 0.2) is 6.23 Å². The van der Waals surface area contributed by atoms with Crippen molar-refractivity contribution in [2.45, 2.75) is 52.2 Å². The molecule has 0 spiro atoms. The van der Waals surface area contributed by atoms with Gasteiger partial charge in [0, 0.05) is 33.4 Å². The zero-order chi connectivity index (χ0) is 25.3. The number of benzene rings is 2. The molecule has 3 atom stereocenters. The Balaban J connectivity index is 2.15. The number of ether oxygens (including phenoxy) is 2. The third-order valence-electron chi connectivity index (χ3n) is 5.32. The quantitative estimate of drug-likeness (QED) is 0.503. The monoisotopic (exact) mass is 509 g/mol. The molecule has 1 unspecified atom stereocenters. The van der Waals surface area contributed by atoms with E-state index in [2.05, 4.69) is 0 Å². The number of carboxylic acid groups (broad SMARTS) is 1. The highest BCUT2D eigenvalue weighted by Gasteiger charge is 2.45. The summed E-state index contributed by atoms with van der Waals surface area (Å²) in [5, 5.41) is 21.4. The predicted molar refractivity (Wildman–Crippen MR) is 130 cm³/mol. The number of anilines is 1. The summed E-state index contributed by atoms with van der Waals surface area (Å²) in [5.41, 5.74) is 1.88. The third kappa shape index (κ3) is 6.09. The molecule has 0 radical (unpaired) electrons. The molecular formula is C25H29Cl2NO6. The molecule has 0 saturated heterocycles. The number of halogens is 2. The number of carbonyl (C=O) groups is 2. The van der Waals surface area contributed by atoms with E-state index in [4.69, 9.17) is 32.7 Å². The van der Waals surface area contributed by atoms with E-state index in [1.165, 1.54) is 6.92 Å². The second-order valence-corrected chi connectivity index (χ2v) is 10.5. The summed E-state index contributed by atoms with van der Waals surface area (Å²) in [7, 11) is 0. The summed E-state index contributed by atoms with van der Waals surface area (Å²) in [4.78, 5) is 25.5. The summed E-state index contributed by atoms with van der Waals surface area (Å²) in [5.74, 6) is -4.89. The standard InChI is InChI=1S/C25H29Cl2NO6/c1-15(29)12-25(32,23(30)31)34-21-13-33-22(17-7-5-6-8-19(17)27)18-11-16(26)9-10-20(18)28(21)14-24(2,3)4/h5-11,21-22,32H,12-14H2,1-4H3,(H,30,31)/t21?,22-,25+/m0/s1. The maximum absolute atomic E-state index is 11.9. The number of aliphatic hydroxyl groups is 1. The number of Topliss-reactive ketones (excluding diaryl/α,β-unsaturated/α-hetero) is 1. The molecule has 0 aliphatic carbocycles. The summed E-state index contributed by atoms with van der Waals surface area (Å²) in [6.45, 7) is 7.59. The second-order valence-electron chi connectivity index (χ2n) is 9.67. The summed E-state index contributed by atoms with van der Waals surface area (Å²) in [6, 6.07) is 12.6. The average Bonchev–Trinajstić information content (AvgIpc) is 2.84. The Bertz CT molecular complexity index is 1070. The van der Waals surface area contributed by atoms with Gasteiger partial charge in [0.05, 0.1) is 13.0 Å². The molecule has 2 aromatic rings. The van der Waals surface area contributed by atoms with Crippen LogP contribution in [0.5, 0.6) is 0 Å². The van der Waals surface area contributed by atoms with Crippen LogP contribution in [0.25, 0.3) is 0 Å². The van der Waals surface area contributed by atoms with Crippen LogP contribution < -0.4 is 4.90 Å². The molecule has 3 rings (SSSR count). The van der Waals surface area contributed by atoms with Crippen LogP contribution in [0.15, 0.2) is 42.5 Å². The van der Waals surface area contributed by atoms with Crippen LogP contribution >= 0.6 is 23.2 Å². The van der Waals surface area contributed by atoms with E-state index in [-0.39, 0.29) is 12.0 Å². The van der Waals surface area contributed by atoms with Crippen LogP contribution in [0, 0.1) is 5.41 Å². The lowest BCUT2D eigenvalue weighted by atomic mass is 9.94. The van der Waals surface area contributed by atoms with Crippen LogP contribution in [0.2, 0.25) is 10.0 Å². The molecule has 2 aromatic carbocycles. The van der Waals surface area contributed by atoms with Crippen LogP contribution in [0.1, 0.15) is 51.3 Å². The molecule has 1 aliphatic rings. The van der Waals surface area contributed by atoms with Crippen LogP contribution in [0.3, 0.4) is 0 Å². The Labute approximate surface area is 209 Å². The minimum absolute atomic E-state index is 0.105. The maximum Gasteiger partial charge on any atom is 0.364 e. The number of aliphatic carboxylic acids is 1. The van der Waals surface area contributed by atoms with E-state index in [0.29, 0.717) is 27.8 Å². The number of hydrogen-bond acceptors (Lipinski definition) is 6. The van der Waals surface area contributed by atoms with E-state index in [1.54, 1.807) is 18.2 Å². The van der Waals surface area contributed by atoms with Crippen LogP contribution in [0.4, 0.5) is 5.69 Å². The molecule has 0 bridgehead atoms. The first kappa shape index (κ1) is 26.4. The number of ketones is 1. The lowest BCUT2D eigenvalue weighted by molar-refractivity contribution is -0.246. The fraction of sp³-hybridized carbons (Fsp3) is 0.440. The first-order valence-electron chi connectivity index (χ1n) is 10.9. The second kappa shape index (κ2) is 10.2. The van der Waals surface area contributed by atoms with Crippen molar-refractivity contribution in [3.05, 3.63) is 63.6 Å². The molecule has 0 aromatic heterocycles. The van der Waals surface area contributed by atoms with Gasteiger partial charge < -0.3 is 24.6 Å². The van der Waals surface area contributed by atoms with Gasteiger partial charge in [-0.25, -0.2) is 4.79 Å². The number of hydrogen-bond donors (Lipinski definition) is 2. The highest BCUT2D eigenvalue weighted by atomic mass is 35.5. The van der Waals surface area contributed by atoms with Gasteiger partial charge in [0.2, 0.25) is 0 Å². The zero-order valence-corrected chi connectivity index (χ0v) is 21.1. The van der Waals surface area contributed by atoms with E-state index >= 15 is 0 Å². The Kier molecular flexibility index (Phi) is 7.95. The normalized spacial score (nSPS) is 20.3. The molecule has 7 nitrogen and oxygen atoms in total. The molecule has 0 amide bonds. The van der Waals surface area contributed by atoms with Crippen molar-refractivity contribution in [2.75, 3.05) is 18.1 Å². The molecule has 1 aliphatic heterocycles. The van der Waals surface area contributed by atoms with Crippen molar-refractivity contribution < 1.29 is 29.3 Å². The lowest BCUT2D eigenvalue weighted by Crippen LogP contribution is -2.53. The lowest BCUT2D eigenvalue weighted by Gasteiger charge is -2.39. The minimum Gasteiger partial charge on any atom is -0.477 e. The van der Waals surface area contributed by atoms with E-state index in [0.717, 1.165) is 5.56 Å². The average molecular weight is 510 g/mol. The van der Waals surface area contributed by atoms with Crippen molar-refractivity contribution in [1.29, 1.82) is 0 Å². The van der Waals surface area contributed by atoms with Crippen molar-refractivity contribution in [1.82, 2.24) is 0 Å². The molecule has 0 fully saturated rings. The van der Waals surface area contributed by atoms with Gasteiger partial charge in [-0.3, -0.25) is 4.79 Å². The molecular weight excluding hydrogens is 481 g/mol. The van der Waals surface area contributed by atoms with E-state index in [1.807, 2.05) is 49.9 Å². The van der Waals surface area contributed by atoms with Crippen molar-refractivity contribution in [3.63, 3.8) is 0 Å². The number of carboxylic acids is 1. The van der Waals surface area contributed by atoms with Gasteiger partial charge in [-0.05, 0) is 36.6 Å². The summed E-state index contributed by atoms with van der Waals surface area (Å²) in [6.07, 6.45) is -2.35. The molecule has 9 heteroatoms. The van der Waals surface area contributed by atoms with Gasteiger partial charge in [-0.2, -0.15) is 0 Å². The molecule has 2 N–H and O–H groups in total. The minimum atomic E-state index is -2.72. The smallest absolute Gasteiger partial charge is 0.364 e. The van der Waals surface area contributed by atoms with Crippen molar-refractivity contribution in [2.24, 2.45) is 5.41 Å². The fourth-order valence-corrected chi connectivity index (χ4v) is 4.40. The van der Waals surface area contributed by atoms with Gasteiger partial charge >= 0.3 is 5.97 Å². The van der Waals surface area contributed by atoms with Gasteiger partial charge in [-0.15, -0.1) is 0 Å². The van der Waals surface area contributed by atoms with Gasteiger partial charge in [-0.1, -0.05) is 62.2 Å².